The highest BCUT2D eigenvalue weighted by atomic mass is 35.5. The zero-order chi connectivity index (χ0) is 16.2. The molecule has 0 N–H and O–H groups in total. The Kier molecular flexibility index (Phi) is 5.29. The molecular weight excluding hydrogens is 308 g/mol. The van der Waals surface area contributed by atoms with Gasteiger partial charge in [-0.2, -0.15) is 0 Å². The van der Waals surface area contributed by atoms with Gasteiger partial charge in [0.25, 0.3) is 0 Å². The molecule has 0 spiro atoms. The van der Waals surface area contributed by atoms with Gasteiger partial charge in [-0.25, -0.2) is 0 Å². The maximum absolute atomic E-state index is 5.96. The summed E-state index contributed by atoms with van der Waals surface area (Å²) in [7, 11) is 0. The Morgan fingerprint density at radius 3 is 2.35 bits per heavy atom. The number of hydrogen-bond donors (Lipinski definition) is 0. The third-order valence-electron chi connectivity index (χ3n) is 4.69. The lowest BCUT2D eigenvalue weighted by Crippen LogP contribution is -2.46. The highest BCUT2D eigenvalue weighted by Gasteiger charge is 2.18. The molecule has 124 valence electrons. The molecule has 0 radical (unpaired) electrons. The highest BCUT2D eigenvalue weighted by molar-refractivity contribution is 6.30. The fraction of sp³-hybridized carbons (Fsp3) is 0.474. The van der Waals surface area contributed by atoms with Crippen molar-refractivity contribution in [2.24, 2.45) is 0 Å². The zero-order valence-corrected chi connectivity index (χ0v) is 14.7. The Balaban J connectivity index is 1.45. The Bertz CT molecular complexity index is 615. The van der Waals surface area contributed by atoms with Crippen molar-refractivity contribution in [1.82, 2.24) is 4.90 Å². The van der Waals surface area contributed by atoms with E-state index in [-0.39, 0.29) is 0 Å². The number of piperazine rings is 1. The normalized spacial score (nSPS) is 17.4. The lowest BCUT2D eigenvalue weighted by atomic mass is 10.0. The van der Waals surface area contributed by atoms with Crippen LogP contribution in [0.3, 0.4) is 0 Å². The predicted molar refractivity (Wildman–Crippen MR) is 96.6 cm³/mol. The van der Waals surface area contributed by atoms with E-state index >= 15 is 0 Å². The smallest absolute Gasteiger partial charge is 0.107 e. The van der Waals surface area contributed by atoms with Gasteiger partial charge in [0.1, 0.15) is 11.5 Å². The number of furan rings is 1. The van der Waals surface area contributed by atoms with Crippen molar-refractivity contribution in [1.29, 1.82) is 0 Å². The molecule has 1 saturated heterocycles. The first-order valence-electron chi connectivity index (χ1n) is 8.41. The van der Waals surface area contributed by atoms with E-state index in [1.165, 1.54) is 5.69 Å². The summed E-state index contributed by atoms with van der Waals surface area (Å²) in [6.07, 6.45) is 1.15. The first-order valence-corrected chi connectivity index (χ1v) is 8.79. The molecule has 1 unspecified atom stereocenters. The summed E-state index contributed by atoms with van der Waals surface area (Å²) in [6.45, 7) is 9.79. The van der Waals surface area contributed by atoms with E-state index in [4.69, 9.17) is 16.0 Å². The quantitative estimate of drug-likeness (QED) is 0.800. The van der Waals surface area contributed by atoms with Gasteiger partial charge < -0.3 is 9.32 Å². The fourth-order valence-corrected chi connectivity index (χ4v) is 3.24. The summed E-state index contributed by atoms with van der Waals surface area (Å²) in [6, 6.07) is 12.3. The van der Waals surface area contributed by atoms with Gasteiger partial charge in [-0.1, -0.05) is 18.5 Å². The van der Waals surface area contributed by atoms with Crippen LogP contribution in [0.1, 0.15) is 30.8 Å². The van der Waals surface area contributed by atoms with Crippen molar-refractivity contribution in [3.63, 3.8) is 0 Å². The monoisotopic (exact) mass is 332 g/mol. The molecule has 0 saturated carbocycles. The summed E-state index contributed by atoms with van der Waals surface area (Å²) in [5.74, 6) is 2.60. The molecule has 2 aromatic rings. The molecule has 1 atom stereocenters. The van der Waals surface area contributed by atoms with Gasteiger partial charge in [0, 0.05) is 42.8 Å². The standard InChI is InChI=1S/C19H25ClN2O/c1-15(19-8-3-16(2)23-19)9-10-21-11-13-22(14-12-21)18-6-4-17(20)5-7-18/h3-8,15H,9-14H2,1-2H3. The number of aryl methyl sites for hydroxylation is 1. The topological polar surface area (TPSA) is 19.6 Å². The van der Waals surface area contributed by atoms with Crippen LogP contribution in [-0.2, 0) is 0 Å². The molecule has 3 rings (SSSR count). The molecule has 0 aliphatic carbocycles. The second-order valence-corrected chi connectivity index (χ2v) is 6.88. The van der Waals surface area contributed by atoms with Crippen LogP contribution in [0.5, 0.6) is 0 Å². The number of halogens is 1. The Morgan fingerprint density at radius 1 is 1.04 bits per heavy atom. The molecule has 0 amide bonds. The zero-order valence-electron chi connectivity index (χ0n) is 14.0. The third-order valence-corrected chi connectivity index (χ3v) is 4.94. The SMILES string of the molecule is Cc1ccc(C(C)CCN2CCN(c3ccc(Cl)cc3)CC2)o1. The van der Waals surface area contributed by atoms with Crippen LogP contribution >= 0.6 is 11.6 Å². The number of nitrogens with zero attached hydrogens (tertiary/aromatic N) is 2. The summed E-state index contributed by atoms with van der Waals surface area (Å²) in [5, 5.41) is 0.800. The van der Waals surface area contributed by atoms with Crippen LogP contribution in [0.25, 0.3) is 0 Å². The van der Waals surface area contributed by atoms with E-state index in [1.54, 1.807) is 0 Å². The minimum absolute atomic E-state index is 0.484. The molecule has 1 aliphatic heterocycles. The minimum atomic E-state index is 0.484. The van der Waals surface area contributed by atoms with Crippen LogP contribution in [0.2, 0.25) is 5.02 Å². The summed E-state index contributed by atoms with van der Waals surface area (Å²) in [4.78, 5) is 4.99. The first-order chi connectivity index (χ1) is 11.1. The third kappa shape index (κ3) is 4.30. The summed E-state index contributed by atoms with van der Waals surface area (Å²) in [5.41, 5.74) is 1.27. The van der Waals surface area contributed by atoms with Crippen LogP contribution in [-0.4, -0.2) is 37.6 Å². The van der Waals surface area contributed by atoms with Crippen molar-refractivity contribution < 1.29 is 4.42 Å². The maximum Gasteiger partial charge on any atom is 0.107 e. The number of benzene rings is 1. The van der Waals surface area contributed by atoms with Crippen LogP contribution < -0.4 is 4.90 Å². The van der Waals surface area contributed by atoms with Gasteiger partial charge >= 0.3 is 0 Å². The Morgan fingerprint density at radius 2 is 1.74 bits per heavy atom. The molecule has 2 heterocycles. The molecule has 23 heavy (non-hydrogen) atoms. The van der Waals surface area contributed by atoms with Crippen molar-refractivity contribution >= 4 is 17.3 Å². The van der Waals surface area contributed by atoms with E-state index < -0.39 is 0 Å². The van der Waals surface area contributed by atoms with Gasteiger partial charge in [-0.15, -0.1) is 0 Å². The summed E-state index contributed by atoms with van der Waals surface area (Å²) < 4.78 is 5.73. The Labute approximate surface area is 143 Å². The summed E-state index contributed by atoms with van der Waals surface area (Å²) >= 11 is 5.96. The lowest BCUT2D eigenvalue weighted by molar-refractivity contribution is 0.246. The van der Waals surface area contributed by atoms with Gasteiger partial charge in [0.15, 0.2) is 0 Å². The van der Waals surface area contributed by atoms with Crippen molar-refractivity contribution in [3.05, 3.63) is 52.9 Å². The van der Waals surface area contributed by atoms with Gasteiger partial charge in [0.2, 0.25) is 0 Å². The molecular formula is C19H25ClN2O. The average Bonchev–Trinajstić information content (AvgIpc) is 3.00. The average molecular weight is 333 g/mol. The number of rotatable bonds is 5. The predicted octanol–water partition coefficient (Wildman–Crippen LogP) is 4.56. The minimum Gasteiger partial charge on any atom is -0.466 e. The fourth-order valence-electron chi connectivity index (χ4n) is 3.12. The van der Waals surface area contributed by atoms with Gasteiger partial charge in [-0.05, 0) is 56.3 Å². The second-order valence-electron chi connectivity index (χ2n) is 6.44. The molecule has 3 nitrogen and oxygen atoms in total. The van der Waals surface area contributed by atoms with Crippen LogP contribution in [0.15, 0.2) is 40.8 Å². The van der Waals surface area contributed by atoms with Crippen LogP contribution in [0.4, 0.5) is 5.69 Å². The molecule has 1 fully saturated rings. The Hall–Kier alpha value is -1.45. The maximum atomic E-state index is 5.96. The number of hydrogen-bond acceptors (Lipinski definition) is 3. The number of anilines is 1. The van der Waals surface area contributed by atoms with E-state index in [0.29, 0.717) is 5.92 Å². The molecule has 4 heteroatoms. The van der Waals surface area contributed by atoms with Crippen LogP contribution in [0, 0.1) is 6.92 Å². The van der Waals surface area contributed by atoms with E-state index in [1.807, 2.05) is 19.1 Å². The molecule has 1 aromatic carbocycles. The van der Waals surface area contributed by atoms with Crippen molar-refractivity contribution in [3.8, 4) is 0 Å². The lowest BCUT2D eigenvalue weighted by Gasteiger charge is -2.36. The van der Waals surface area contributed by atoms with E-state index in [9.17, 15) is 0 Å². The molecule has 1 aliphatic rings. The largest absolute Gasteiger partial charge is 0.466 e. The van der Waals surface area contributed by atoms with Crippen molar-refractivity contribution in [2.75, 3.05) is 37.6 Å². The molecule has 0 bridgehead atoms. The van der Waals surface area contributed by atoms with E-state index in [2.05, 4.69) is 41.0 Å². The van der Waals surface area contributed by atoms with Gasteiger partial charge in [0.05, 0.1) is 0 Å². The molecule has 1 aromatic heterocycles. The second kappa shape index (κ2) is 7.41. The first kappa shape index (κ1) is 16.4. The highest BCUT2D eigenvalue weighted by Crippen LogP contribution is 2.23. The van der Waals surface area contributed by atoms with Gasteiger partial charge in [-0.3, -0.25) is 4.90 Å². The van der Waals surface area contributed by atoms with Crippen molar-refractivity contribution in [2.45, 2.75) is 26.2 Å². The van der Waals surface area contributed by atoms with E-state index in [0.717, 1.165) is 55.7 Å².